The van der Waals surface area contributed by atoms with Crippen molar-refractivity contribution in [3.05, 3.63) is 0 Å². The second-order valence-electron chi connectivity index (χ2n) is 4.35. The Morgan fingerprint density at radius 2 is 2.00 bits per heavy atom. The number of likely N-dealkylation sites (N-methyl/N-ethyl adjacent to an activating group) is 1. The quantitative estimate of drug-likeness (QED) is 0.680. The molecular weight excluding hydrogens is 174 g/mol. The normalized spacial score (nSPS) is 20.1. The molecule has 0 amide bonds. The van der Waals surface area contributed by atoms with Gasteiger partial charge in [-0.25, -0.2) is 0 Å². The van der Waals surface area contributed by atoms with Crippen LogP contribution in [0.1, 0.15) is 46.0 Å². The van der Waals surface area contributed by atoms with Crippen molar-refractivity contribution < 1.29 is 4.74 Å². The summed E-state index contributed by atoms with van der Waals surface area (Å²) in [7, 11) is 0. The highest BCUT2D eigenvalue weighted by Gasteiger charge is 2.15. The van der Waals surface area contributed by atoms with Gasteiger partial charge in [-0.05, 0) is 31.7 Å². The zero-order chi connectivity index (χ0) is 10.2. The van der Waals surface area contributed by atoms with E-state index in [2.05, 4.69) is 19.2 Å². The van der Waals surface area contributed by atoms with Crippen LogP contribution in [0.3, 0.4) is 0 Å². The third-order valence-electron chi connectivity index (χ3n) is 3.13. The molecule has 14 heavy (non-hydrogen) atoms. The standard InChI is InChI=1S/C12H25NO/c1-3-12(13-4-2)10-14-9-11-7-5-6-8-11/h11-13H,3-10H2,1-2H3. The van der Waals surface area contributed by atoms with Crippen LogP contribution in [0.5, 0.6) is 0 Å². The summed E-state index contributed by atoms with van der Waals surface area (Å²) in [6.45, 7) is 7.29. The molecule has 2 heteroatoms. The van der Waals surface area contributed by atoms with Crippen molar-refractivity contribution in [3.63, 3.8) is 0 Å². The summed E-state index contributed by atoms with van der Waals surface area (Å²) in [6, 6.07) is 0.557. The van der Waals surface area contributed by atoms with Gasteiger partial charge in [-0.1, -0.05) is 26.7 Å². The number of hydrogen-bond acceptors (Lipinski definition) is 2. The molecule has 0 aromatic rings. The van der Waals surface area contributed by atoms with Crippen LogP contribution < -0.4 is 5.32 Å². The van der Waals surface area contributed by atoms with Gasteiger partial charge in [0.15, 0.2) is 0 Å². The van der Waals surface area contributed by atoms with E-state index in [1.165, 1.54) is 32.1 Å². The van der Waals surface area contributed by atoms with Gasteiger partial charge in [0.25, 0.3) is 0 Å². The molecule has 0 aromatic heterocycles. The first-order valence-electron chi connectivity index (χ1n) is 6.18. The SMILES string of the molecule is CCNC(CC)COCC1CCCC1. The second-order valence-corrected chi connectivity index (χ2v) is 4.35. The highest BCUT2D eigenvalue weighted by molar-refractivity contribution is 4.68. The zero-order valence-electron chi connectivity index (χ0n) is 9.72. The maximum absolute atomic E-state index is 5.76. The van der Waals surface area contributed by atoms with E-state index in [0.29, 0.717) is 6.04 Å². The molecule has 1 saturated carbocycles. The van der Waals surface area contributed by atoms with E-state index in [1.54, 1.807) is 0 Å². The van der Waals surface area contributed by atoms with Crippen LogP contribution in [-0.2, 0) is 4.74 Å². The fraction of sp³-hybridized carbons (Fsp3) is 1.00. The van der Waals surface area contributed by atoms with Gasteiger partial charge in [0.1, 0.15) is 0 Å². The third kappa shape index (κ3) is 4.43. The van der Waals surface area contributed by atoms with Gasteiger partial charge in [0, 0.05) is 12.6 Å². The van der Waals surface area contributed by atoms with Crippen molar-refractivity contribution >= 4 is 0 Å². The number of rotatable bonds is 7. The van der Waals surface area contributed by atoms with Gasteiger partial charge < -0.3 is 10.1 Å². The predicted octanol–water partition coefficient (Wildman–Crippen LogP) is 2.58. The Balaban J connectivity index is 2.00. The summed E-state index contributed by atoms with van der Waals surface area (Å²) in [5.41, 5.74) is 0. The van der Waals surface area contributed by atoms with Crippen LogP contribution >= 0.6 is 0 Å². The lowest BCUT2D eigenvalue weighted by molar-refractivity contribution is 0.0823. The molecule has 1 N–H and O–H groups in total. The minimum Gasteiger partial charge on any atom is -0.380 e. The van der Waals surface area contributed by atoms with Gasteiger partial charge in [0.2, 0.25) is 0 Å². The molecule has 0 bridgehead atoms. The molecule has 0 aromatic carbocycles. The van der Waals surface area contributed by atoms with Crippen LogP contribution in [0.25, 0.3) is 0 Å². The lowest BCUT2D eigenvalue weighted by atomic mass is 10.1. The van der Waals surface area contributed by atoms with Crippen molar-refractivity contribution in [1.29, 1.82) is 0 Å². The Bertz CT molecular complexity index is 132. The Morgan fingerprint density at radius 1 is 1.29 bits per heavy atom. The van der Waals surface area contributed by atoms with E-state index in [1.807, 2.05) is 0 Å². The maximum atomic E-state index is 5.76. The van der Waals surface area contributed by atoms with Crippen molar-refractivity contribution in [3.8, 4) is 0 Å². The van der Waals surface area contributed by atoms with Crippen LogP contribution in [0, 0.1) is 5.92 Å². The maximum Gasteiger partial charge on any atom is 0.0619 e. The molecule has 1 fully saturated rings. The van der Waals surface area contributed by atoms with E-state index in [4.69, 9.17) is 4.74 Å². The molecule has 0 saturated heterocycles. The molecule has 0 heterocycles. The largest absolute Gasteiger partial charge is 0.380 e. The van der Waals surface area contributed by atoms with Gasteiger partial charge in [-0.3, -0.25) is 0 Å². The van der Waals surface area contributed by atoms with Crippen LogP contribution in [0.2, 0.25) is 0 Å². The molecule has 2 nitrogen and oxygen atoms in total. The van der Waals surface area contributed by atoms with E-state index >= 15 is 0 Å². The van der Waals surface area contributed by atoms with E-state index in [9.17, 15) is 0 Å². The average molecular weight is 199 g/mol. The second kappa shape index (κ2) is 7.24. The van der Waals surface area contributed by atoms with E-state index < -0.39 is 0 Å². The van der Waals surface area contributed by atoms with E-state index in [0.717, 1.165) is 25.7 Å². The molecule has 1 atom stereocenters. The molecule has 1 rings (SSSR count). The Labute approximate surface area is 88.4 Å². The lowest BCUT2D eigenvalue weighted by Gasteiger charge is -2.17. The first kappa shape index (κ1) is 12.0. The Hall–Kier alpha value is -0.0800. The Kier molecular flexibility index (Phi) is 6.20. The smallest absolute Gasteiger partial charge is 0.0619 e. The first-order valence-corrected chi connectivity index (χ1v) is 6.18. The summed E-state index contributed by atoms with van der Waals surface area (Å²) in [5, 5.41) is 3.43. The molecule has 84 valence electrons. The summed E-state index contributed by atoms with van der Waals surface area (Å²) in [5.74, 6) is 0.856. The average Bonchev–Trinajstić information content (AvgIpc) is 2.69. The van der Waals surface area contributed by atoms with Gasteiger partial charge in [-0.15, -0.1) is 0 Å². The number of nitrogens with one attached hydrogen (secondary N) is 1. The summed E-state index contributed by atoms with van der Waals surface area (Å²) in [6.07, 6.45) is 6.77. The predicted molar refractivity (Wildman–Crippen MR) is 60.5 cm³/mol. The highest BCUT2D eigenvalue weighted by Crippen LogP contribution is 2.24. The highest BCUT2D eigenvalue weighted by atomic mass is 16.5. The van der Waals surface area contributed by atoms with Crippen molar-refractivity contribution in [2.75, 3.05) is 19.8 Å². The first-order chi connectivity index (χ1) is 6.86. The van der Waals surface area contributed by atoms with Crippen LogP contribution in [0.4, 0.5) is 0 Å². The van der Waals surface area contributed by atoms with Gasteiger partial charge in [0.05, 0.1) is 6.61 Å². The Morgan fingerprint density at radius 3 is 2.57 bits per heavy atom. The van der Waals surface area contributed by atoms with Crippen molar-refractivity contribution in [2.45, 2.75) is 52.0 Å². The monoisotopic (exact) mass is 199 g/mol. The molecule has 0 aliphatic heterocycles. The summed E-state index contributed by atoms with van der Waals surface area (Å²) >= 11 is 0. The zero-order valence-corrected chi connectivity index (χ0v) is 9.72. The fourth-order valence-corrected chi connectivity index (χ4v) is 2.16. The minimum absolute atomic E-state index is 0.557. The topological polar surface area (TPSA) is 21.3 Å². The minimum atomic E-state index is 0.557. The van der Waals surface area contributed by atoms with Gasteiger partial charge in [-0.2, -0.15) is 0 Å². The van der Waals surface area contributed by atoms with Crippen molar-refractivity contribution in [1.82, 2.24) is 5.32 Å². The molecular formula is C12H25NO. The van der Waals surface area contributed by atoms with Crippen LogP contribution in [0.15, 0.2) is 0 Å². The lowest BCUT2D eigenvalue weighted by Crippen LogP contribution is -2.33. The van der Waals surface area contributed by atoms with Crippen LogP contribution in [-0.4, -0.2) is 25.8 Å². The fourth-order valence-electron chi connectivity index (χ4n) is 2.16. The molecule has 1 aliphatic carbocycles. The summed E-state index contributed by atoms with van der Waals surface area (Å²) in [4.78, 5) is 0. The van der Waals surface area contributed by atoms with E-state index in [-0.39, 0.29) is 0 Å². The summed E-state index contributed by atoms with van der Waals surface area (Å²) < 4.78 is 5.76. The number of hydrogen-bond donors (Lipinski definition) is 1. The number of ether oxygens (including phenoxy) is 1. The molecule has 0 radical (unpaired) electrons. The molecule has 1 unspecified atom stereocenters. The third-order valence-corrected chi connectivity index (χ3v) is 3.13. The molecule has 1 aliphatic rings. The van der Waals surface area contributed by atoms with Crippen molar-refractivity contribution in [2.24, 2.45) is 5.92 Å². The van der Waals surface area contributed by atoms with Gasteiger partial charge >= 0.3 is 0 Å². The molecule has 0 spiro atoms.